The molecule has 3 nitrogen and oxygen atoms in total. The van der Waals surface area contributed by atoms with Gasteiger partial charge in [0, 0.05) is 6.42 Å². The molecule has 0 aliphatic heterocycles. The second-order valence-corrected chi connectivity index (χ2v) is 2.93. The van der Waals surface area contributed by atoms with Crippen molar-refractivity contribution in [1.29, 1.82) is 0 Å². The summed E-state index contributed by atoms with van der Waals surface area (Å²) in [7, 11) is 2.87. The van der Waals surface area contributed by atoms with E-state index in [-0.39, 0.29) is 5.75 Å². The van der Waals surface area contributed by atoms with Gasteiger partial charge in [0.25, 0.3) is 0 Å². The van der Waals surface area contributed by atoms with E-state index in [2.05, 4.69) is 0 Å². The summed E-state index contributed by atoms with van der Waals surface area (Å²) < 4.78 is 22.5. The molecule has 0 heterocycles. The molecule has 0 N–H and O–H groups in total. The van der Waals surface area contributed by atoms with Crippen molar-refractivity contribution in [3.63, 3.8) is 0 Å². The summed E-state index contributed by atoms with van der Waals surface area (Å²) in [5.41, 5.74) is 0. The van der Waals surface area contributed by atoms with Crippen molar-refractivity contribution in [1.82, 2.24) is 0 Å². The minimum absolute atomic E-state index is 0.148. The van der Waals surface area contributed by atoms with E-state index in [9.17, 15) is 9.18 Å². The fraction of sp³-hybridized carbons (Fsp3) is 0.417. The van der Waals surface area contributed by atoms with Gasteiger partial charge < -0.3 is 14.3 Å². The van der Waals surface area contributed by atoms with Crippen LogP contribution in [0.1, 0.15) is 19.8 Å². The number of unbranched alkanes of at least 4 members (excludes halogenated alkanes) is 1. The predicted octanol–water partition coefficient (Wildman–Crippen LogP) is 2.83. The normalized spacial score (nSPS) is 8.75. The first-order valence-electron chi connectivity index (χ1n) is 5.01. The third-order valence-corrected chi connectivity index (χ3v) is 1.76. The minimum Gasteiger partial charge on any atom is -0.493 e. The lowest BCUT2D eigenvalue weighted by Gasteiger charge is -2.06. The van der Waals surface area contributed by atoms with E-state index in [1.807, 2.05) is 6.92 Å². The summed E-state index contributed by atoms with van der Waals surface area (Å²) in [5, 5.41) is 0. The lowest BCUT2D eigenvalue weighted by Crippen LogP contribution is -1.92. The molecule has 0 atom stereocenters. The molecule has 0 aliphatic rings. The van der Waals surface area contributed by atoms with Gasteiger partial charge in [0.2, 0.25) is 0 Å². The van der Waals surface area contributed by atoms with Crippen LogP contribution in [0.3, 0.4) is 0 Å². The molecule has 1 rings (SSSR count). The molecule has 0 fully saturated rings. The predicted molar refractivity (Wildman–Crippen MR) is 60.5 cm³/mol. The van der Waals surface area contributed by atoms with Crippen LogP contribution in [0.15, 0.2) is 18.2 Å². The number of aldehydes is 1. The zero-order valence-electron chi connectivity index (χ0n) is 9.83. The molecule has 0 saturated carbocycles. The molecule has 1 aromatic rings. The lowest BCUT2D eigenvalue weighted by molar-refractivity contribution is -0.107. The maximum atomic E-state index is 12.8. The van der Waals surface area contributed by atoms with Crippen molar-refractivity contribution in [2.75, 3.05) is 14.2 Å². The van der Waals surface area contributed by atoms with Crippen molar-refractivity contribution in [2.24, 2.45) is 0 Å². The van der Waals surface area contributed by atoms with Crippen LogP contribution in [0.25, 0.3) is 0 Å². The molecule has 4 heteroatoms. The fourth-order valence-electron chi connectivity index (χ4n) is 0.966. The lowest BCUT2D eigenvalue weighted by atomic mass is 10.3. The average Bonchev–Trinajstić information content (AvgIpc) is 2.30. The van der Waals surface area contributed by atoms with Crippen LogP contribution in [0.2, 0.25) is 0 Å². The maximum absolute atomic E-state index is 12.8. The Morgan fingerprint density at radius 3 is 2.31 bits per heavy atom. The van der Waals surface area contributed by atoms with Crippen LogP contribution in [0.5, 0.6) is 11.5 Å². The highest BCUT2D eigenvalue weighted by atomic mass is 19.1. The molecule has 0 spiro atoms. The molecule has 1 aromatic carbocycles. The number of methoxy groups -OCH3 is 2. The summed E-state index contributed by atoms with van der Waals surface area (Å²) in [6.45, 7) is 1.98. The Morgan fingerprint density at radius 1 is 1.31 bits per heavy atom. The number of para-hydroxylation sites is 1. The second-order valence-electron chi connectivity index (χ2n) is 2.93. The Hall–Kier alpha value is -1.58. The van der Waals surface area contributed by atoms with Gasteiger partial charge >= 0.3 is 0 Å². The summed E-state index contributed by atoms with van der Waals surface area (Å²) in [6.07, 6.45) is 2.61. The smallest absolute Gasteiger partial charge is 0.196 e. The van der Waals surface area contributed by atoms with Crippen LogP contribution < -0.4 is 9.47 Å². The van der Waals surface area contributed by atoms with Gasteiger partial charge in [0.05, 0.1) is 14.2 Å². The minimum atomic E-state index is -0.410. The van der Waals surface area contributed by atoms with E-state index in [4.69, 9.17) is 9.47 Å². The molecular formula is C12H17FO3. The van der Waals surface area contributed by atoms with Gasteiger partial charge in [-0.3, -0.25) is 0 Å². The molecule has 0 aliphatic carbocycles. The highest BCUT2D eigenvalue weighted by molar-refractivity contribution is 5.48. The Kier molecular flexibility index (Phi) is 7.85. The topological polar surface area (TPSA) is 35.5 Å². The number of halogens is 1. The quantitative estimate of drug-likeness (QED) is 0.743. The number of ether oxygens (including phenoxy) is 2. The van der Waals surface area contributed by atoms with E-state index < -0.39 is 5.82 Å². The van der Waals surface area contributed by atoms with Crippen LogP contribution in [0, 0.1) is 5.82 Å². The van der Waals surface area contributed by atoms with Crippen molar-refractivity contribution in [2.45, 2.75) is 19.8 Å². The van der Waals surface area contributed by atoms with E-state index in [1.54, 1.807) is 12.1 Å². The SMILES string of the molecule is CCCC=O.COc1cccc(F)c1OC. The van der Waals surface area contributed by atoms with E-state index in [0.717, 1.165) is 12.7 Å². The van der Waals surface area contributed by atoms with Gasteiger partial charge in [-0.2, -0.15) is 0 Å². The molecule has 0 amide bonds. The standard InChI is InChI=1S/C8H9FO2.C4H8O/c1-10-7-5-3-4-6(9)8(7)11-2;1-2-3-4-5/h3-5H,1-2H3;4H,2-3H2,1H3. The molecule has 0 radical (unpaired) electrons. The van der Waals surface area contributed by atoms with Gasteiger partial charge in [-0.05, 0) is 18.6 Å². The highest BCUT2D eigenvalue weighted by Gasteiger charge is 2.07. The van der Waals surface area contributed by atoms with Crippen LogP contribution >= 0.6 is 0 Å². The number of benzene rings is 1. The van der Waals surface area contributed by atoms with Crippen molar-refractivity contribution >= 4 is 6.29 Å². The number of carbonyl (C=O) groups is 1. The van der Waals surface area contributed by atoms with Gasteiger partial charge in [0.15, 0.2) is 17.3 Å². The second kappa shape index (κ2) is 8.71. The monoisotopic (exact) mass is 228 g/mol. The molecule has 0 unspecified atom stereocenters. The molecule has 0 bridgehead atoms. The van der Waals surface area contributed by atoms with Gasteiger partial charge in [-0.15, -0.1) is 0 Å². The number of hydrogen-bond donors (Lipinski definition) is 0. The van der Waals surface area contributed by atoms with Crippen molar-refractivity contribution in [3.8, 4) is 11.5 Å². The van der Waals surface area contributed by atoms with E-state index in [1.165, 1.54) is 20.3 Å². The Balaban J connectivity index is 0.000000385. The zero-order valence-corrected chi connectivity index (χ0v) is 9.83. The first kappa shape index (κ1) is 14.4. The van der Waals surface area contributed by atoms with Crippen LogP contribution in [0.4, 0.5) is 4.39 Å². The largest absolute Gasteiger partial charge is 0.493 e. The van der Waals surface area contributed by atoms with Crippen molar-refractivity contribution < 1.29 is 18.7 Å². The van der Waals surface area contributed by atoms with E-state index >= 15 is 0 Å². The molecule has 90 valence electrons. The first-order valence-corrected chi connectivity index (χ1v) is 5.01. The molecule has 16 heavy (non-hydrogen) atoms. The van der Waals surface area contributed by atoms with Crippen LogP contribution in [-0.4, -0.2) is 20.5 Å². The van der Waals surface area contributed by atoms with Gasteiger partial charge in [-0.1, -0.05) is 13.0 Å². The summed E-state index contributed by atoms with van der Waals surface area (Å²) in [4.78, 5) is 9.40. The zero-order chi connectivity index (χ0) is 12.4. The molecule has 0 aromatic heterocycles. The average molecular weight is 228 g/mol. The Labute approximate surface area is 95.2 Å². The third-order valence-electron chi connectivity index (χ3n) is 1.76. The Bertz CT molecular complexity index is 313. The fourth-order valence-corrected chi connectivity index (χ4v) is 0.966. The highest BCUT2D eigenvalue weighted by Crippen LogP contribution is 2.28. The van der Waals surface area contributed by atoms with E-state index in [0.29, 0.717) is 12.2 Å². The molecular weight excluding hydrogens is 211 g/mol. The summed E-state index contributed by atoms with van der Waals surface area (Å²) in [6, 6.07) is 4.53. The van der Waals surface area contributed by atoms with Crippen molar-refractivity contribution in [3.05, 3.63) is 24.0 Å². The number of rotatable bonds is 4. The summed E-state index contributed by atoms with van der Waals surface area (Å²) in [5.74, 6) is 0.148. The maximum Gasteiger partial charge on any atom is 0.196 e. The van der Waals surface area contributed by atoms with Gasteiger partial charge in [-0.25, -0.2) is 4.39 Å². The number of carbonyl (C=O) groups excluding carboxylic acids is 1. The molecule has 0 saturated heterocycles. The number of hydrogen-bond acceptors (Lipinski definition) is 3. The van der Waals surface area contributed by atoms with Crippen LogP contribution in [-0.2, 0) is 4.79 Å². The summed E-state index contributed by atoms with van der Waals surface area (Å²) >= 11 is 0. The first-order chi connectivity index (χ1) is 7.71. The Morgan fingerprint density at radius 2 is 2.00 bits per heavy atom. The van der Waals surface area contributed by atoms with Gasteiger partial charge in [0.1, 0.15) is 6.29 Å². The third kappa shape index (κ3) is 4.77.